The minimum atomic E-state index is -0.540. The van der Waals surface area contributed by atoms with Crippen molar-refractivity contribution in [2.45, 2.75) is 44.3 Å². The summed E-state index contributed by atoms with van der Waals surface area (Å²) in [4.78, 5) is 15.3. The first kappa shape index (κ1) is 33.5. The molecule has 1 aliphatic carbocycles. The second-order valence-corrected chi connectivity index (χ2v) is 14.3. The fourth-order valence-electron chi connectivity index (χ4n) is 7.56. The van der Waals surface area contributed by atoms with Crippen molar-refractivity contribution in [1.82, 2.24) is 15.0 Å². The van der Waals surface area contributed by atoms with Crippen molar-refractivity contribution in [3.8, 4) is 33.9 Å². The van der Waals surface area contributed by atoms with Crippen LogP contribution < -0.4 is 5.46 Å². The number of hydrogen-bond acceptors (Lipinski definition) is 5. The van der Waals surface area contributed by atoms with E-state index in [-0.39, 0.29) is 0 Å². The van der Waals surface area contributed by atoms with E-state index in [0.717, 1.165) is 33.3 Å². The SMILES string of the molecule is C=C/C=C(\C=C)c1nc(-c2ccc(B3OC(C)(C)C(C)(C)O3)cc2)nc(-c2cccc3c2-c2ccccc2C3(c2ccccc2)c2ccccc2)n1. The van der Waals surface area contributed by atoms with Crippen LogP contribution in [0.2, 0.25) is 0 Å². The molecule has 5 aromatic carbocycles. The smallest absolute Gasteiger partial charge is 0.399 e. The highest BCUT2D eigenvalue weighted by atomic mass is 16.7. The van der Waals surface area contributed by atoms with Gasteiger partial charge < -0.3 is 9.31 Å². The van der Waals surface area contributed by atoms with Crippen LogP contribution in [-0.4, -0.2) is 33.3 Å². The highest BCUT2D eigenvalue weighted by Crippen LogP contribution is 2.58. The number of nitrogens with zero attached hydrogens (tertiary/aromatic N) is 3. The topological polar surface area (TPSA) is 57.1 Å². The predicted octanol–water partition coefficient (Wildman–Crippen LogP) is 9.62. The lowest BCUT2D eigenvalue weighted by Gasteiger charge is -2.33. The van der Waals surface area contributed by atoms with Crippen molar-refractivity contribution in [3.05, 3.63) is 187 Å². The average Bonchev–Trinajstić information content (AvgIpc) is 3.60. The maximum absolute atomic E-state index is 6.33. The third kappa shape index (κ3) is 5.29. The molecule has 52 heavy (non-hydrogen) atoms. The number of aromatic nitrogens is 3. The zero-order valence-corrected chi connectivity index (χ0v) is 30.0. The number of allylic oxidation sites excluding steroid dienone is 4. The molecule has 0 spiro atoms. The van der Waals surface area contributed by atoms with Crippen molar-refractivity contribution < 1.29 is 9.31 Å². The molecule has 2 aliphatic rings. The maximum Gasteiger partial charge on any atom is 0.494 e. The first-order valence-corrected chi connectivity index (χ1v) is 17.7. The van der Waals surface area contributed by atoms with Gasteiger partial charge in [-0.25, -0.2) is 15.0 Å². The third-order valence-corrected chi connectivity index (χ3v) is 10.8. The summed E-state index contributed by atoms with van der Waals surface area (Å²) in [5.74, 6) is 1.65. The van der Waals surface area contributed by atoms with Crippen LogP contribution in [-0.2, 0) is 14.7 Å². The summed E-state index contributed by atoms with van der Waals surface area (Å²) in [6, 6.07) is 44.9. The first-order valence-electron chi connectivity index (χ1n) is 17.7. The summed E-state index contributed by atoms with van der Waals surface area (Å²) < 4.78 is 12.7. The van der Waals surface area contributed by atoms with Gasteiger partial charge in [-0.3, -0.25) is 0 Å². The Kier molecular flexibility index (Phi) is 8.25. The van der Waals surface area contributed by atoms with Crippen molar-refractivity contribution >= 4 is 18.2 Å². The van der Waals surface area contributed by atoms with Crippen molar-refractivity contribution in [3.63, 3.8) is 0 Å². The van der Waals surface area contributed by atoms with Gasteiger partial charge in [0.2, 0.25) is 0 Å². The average molecular weight is 678 g/mol. The number of rotatable bonds is 8. The van der Waals surface area contributed by atoms with Gasteiger partial charge in [0.05, 0.1) is 16.6 Å². The quantitative estimate of drug-likeness (QED) is 0.118. The van der Waals surface area contributed by atoms with Gasteiger partial charge >= 0.3 is 7.12 Å². The molecule has 1 aliphatic heterocycles. The lowest BCUT2D eigenvalue weighted by atomic mass is 9.67. The van der Waals surface area contributed by atoms with E-state index in [1.165, 1.54) is 22.3 Å². The maximum atomic E-state index is 6.33. The van der Waals surface area contributed by atoms with Gasteiger partial charge in [-0.2, -0.15) is 0 Å². The molecule has 0 unspecified atom stereocenters. The monoisotopic (exact) mass is 677 g/mol. The summed E-state index contributed by atoms with van der Waals surface area (Å²) in [5.41, 5.74) is 9.14. The fourth-order valence-corrected chi connectivity index (χ4v) is 7.56. The van der Waals surface area contributed by atoms with Crippen LogP contribution in [0.4, 0.5) is 0 Å². The molecule has 6 aromatic rings. The first-order chi connectivity index (χ1) is 25.2. The second kappa shape index (κ2) is 12.8. The number of benzene rings is 5. The van der Waals surface area contributed by atoms with Gasteiger partial charge in [0.1, 0.15) is 0 Å². The largest absolute Gasteiger partial charge is 0.494 e. The van der Waals surface area contributed by atoms with E-state index in [2.05, 4.69) is 144 Å². The predicted molar refractivity (Wildman–Crippen MR) is 212 cm³/mol. The van der Waals surface area contributed by atoms with Gasteiger partial charge in [-0.1, -0.05) is 159 Å². The molecule has 254 valence electrons. The Morgan fingerprint density at radius 1 is 0.596 bits per heavy atom. The molecule has 0 bridgehead atoms. The lowest BCUT2D eigenvalue weighted by Crippen LogP contribution is -2.41. The molecule has 0 radical (unpaired) electrons. The van der Waals surface area contributed by atoms with Crippen LogP contribution in [0.3, 0.4) is 0 Å². The molecule has 1 aromatic heterocycles. The van der Waals surface area contributed by atoms with Gasteiger partial charge in [-0.15, -0.1) is 0 Å². The van der Waals surface area contributed by atoms with E-state index >= 15 is 0 Å². The van der Waals surface area contributed by atoms with Crippen LogP contribution in [0.15, 0.2) is 159 Å². The van der Waals surface area contributed by atoms with Crippen LogP contribution in [0.25, 0.3) is 39.5 Å². The zero-order valence-electron chi connectivity index (χ0n) is 30.0. The van der Waals surface area contributed by atoms with Gasteiger partial charge in [0.15, 0.2) is 17.5 Å². The summed E-state index contributed by atoms with van der Waals surface area (Å²) in [6.07, 6.45) is 5.36. The number of hydrogen-bond donors (Lipinski definition) is 0. The highest BCUT2D eigenvalue weighted by Gasteiger charge is 2.52. The van der Waals surface area contributed by atoms with Crippen LogP contribution in [0, 0.1) is 0 Å². The summed E-state index contributed by atoms with van der Waals surface area (Å²) >= 11 is 0. The number of fused-ring (bicyclic) bond motifs is 3. The summed E-state index contributed by atoms with van der Waals surface area (Å²) in [5, 5.41) is 0. The lowest BCUT2D eigenvalue weighted by molar-refractivity contribution is 0.00578. The molecule has 0 saturated carbocycles. The van der Waals surface area contributed by atoms with Gasteiger partial charge in [0, 0.05) is 16.7 Å². The Morgan fingerprint density at radius 3 is 1.77 bits per heavy atom. The molecule has 0 atom stereocenters. The van der Waals surface area contributed by atoms with Crippen molar-refractivity contribution in [1.29, 1.82) is 0 Å². The van der Waals surface area contributed by atoms with E-state index in [0.29, 0.717) is 17.5 Å². The Balaban J connectivity index is 1.33. The van der Waals surface area contributed by atoms with Crippen LogP contribution in [0.5, 0.6) is 0 Å². The Labute approximate surface area is 306 Å². The summed E-state index contributed by atoms with van der Waals surface area (Å²) in [6.45, 7) is 16.2. The molecule has 6 heteroatoms. The standard InChI is InChI=1S/C46H40BN3O2/c1-7-18-31(8-2)41-48-42(32-27-29-35(30-28-32)47-51-44(3,4)45(5,6)52-47)50-43(49-41)37-24-17-26-39-40(37)36-23-15-16-25-38(36)46(39,33-19-11-9-12-20-33)34-21-13-10-14-22-34/h7-30H,1-2H2,3-6H3/b31-18+. The molecular formula is C46H40BN3O2. The van der Waals surface area contributed by atoms with Crippen molar-refractivity contribution in [2.75, 3.05) is 0 Å². The van der Waals surface area contributed by atoms with E-state index in [9.17, 15) is 0 Å². The van der Waals surface area contributed by atoms with E-state index < -0.39 is 23.7 Å². The highest BCUT2D eigenvalue weighted by molar-refractivity contribution is 6.62. The summed E-state index contributed by atoms with van der Waals surface area (Å²) in [7, 11) is -0.465. The Hall–Kier alpha value is -5.69. The van der Waals surface area contributed by atoms with Crippen molar-refractivity contribution in [2.24, 2.45) is 0 Å². The molecule has 0 amide bonds. The minimum absolute atomic E-state index is 0.430. The third-order valence-electron chi connectivity index (χ3n) is 10.8. The molecule has 1 fully saturated rings. The van der Waals surface area contributed by atoms with Gasteiger partial charge in [-0.05, 0) is 66.5 Å². The molecule has 0 N–H and O–H groups in total. The zero-order chi connectivity index (χ0) is 36.1. The Morgan fingerprint density at radius 2 is 1.15 bits per heavy atom. The molecule has 5 nitrogen and oxygen atoms in total. The van der Waals surface area contributed by atoms with E-state index in [1.54, 1.807) is 12.2 Å². The molecule has 1 saturated heterocycles. The second-order valence-electron chi connectivity index (χ2n) is 14.3. The van der Waals surface area contributed by atoms with E-state index in [1.807, 2.05) is 30.3 Å². The van der Waals surface area contributed by atoms with E-state index in [4.69, 9.17) is 24.3 Å². The normalized spacial score (nSPS) is 16.6. The Bertz CT molecular complexity index is 2290. The molecule has 2 heterocycles. The van der Waals surface area contributed by atoms with Gasteiger partial charge in [0.25, 0.3) is 0 Å². The van der Waals surface area contributed by atoms with Crippen LogP contribution in [0.1, 0.15) is 55.8 Å². The molecule has 8 rings (SSSR count). The van der Waals surface area contributed by atoms with Crippen LogP contribution >= 0.6 is 0 Å². The molecular weight excluding hydrogens is 637 g/mol. The minimum Gasteiger partial charge on any atom is -0.399 e. The fraction of sp³-hybridized carbons (Fsp3) is 0.152.